The van der Waals surface area contributed by atoms with Gasteiger partial charge in [-0.2, -0.15) is 0 Å². The predicted octanol–water partition coefficient (Wildman–Crippen LogP) is 13.1. The van der Waals surface area contributed by atoms with Crippen LogP contribution < -0.4 is 4.74 Å². The second-order valence-electron chi connectivity index (χ2n) is 19.2. The summed E-state index contributed by atoms with van der Waals surface area (Å²) in [4.78, 5) is 12.4. The van der Waals surface area contributed by atoms with Crippen LogP contribution in [0.5, 0.6) is 5.75 Å². The Hall–Kier alpha value is -4.97. The third-order valence-electron chi connectivity index (χ3n) is 10.2. The maximum absolute atomic E-state index is 12.4. The highest BCUT2D eigenvalue weighted by atomic mass is 16.5. The van der Waals surface area contributed by atoms with Gasteiger partial charge in [0.25, 0.3) is 0 Å². The molecule has 4 nitrogen and oxygen atoms in total. The van der Waals surface area contributed by atoms with E-state index in [1.807, 2.05) is 0 Å². The van der Waals surface area contributed by atoms with E-state index in [0.717, 1.165) is 132 Å². The summed E-state index contributed by atoms with van der Waals surface area (Å²) >= 11 is 0. The number of carbonyl (C=O) groups is 1. The van der Waals surface area contributed by atoms with Crippen LogP contribution in [0.3, 0.4) is 0 Å². The molecule has 2 N–H and O–H groups in total. The molecule has 4 rings (SSSR count). The molecule has 0 radical (unpaired) electrons. The first-order chi connectivity index (χ1) is 28.2. The molecule has 0 aliphatic heterocycles. The maximum Gasteiger partial charge on any atom is 0.308 e. The Morgan fingerprint density at radius 3 is 1.32 bits per heavy atom. The van der Waals surface area contributed by atoms with Gasteiger partial charge in [0.05, 0.1) is 0 Å². The molecule has 4 aromatic rings. The highest BCUT2D eigenvalue weighted by Gasteiger charge is 2.29. The van der Waals surface area contributed by atoms with Crippen molar-refractivity contribution < 1.29 is 19.7 Å². The minimum atomic E-state index is -0.938. The van der Waals surface area contributed by atoms with Crippen molar-refractivity contribution in [1.82, 2.24) is 0 Å². The van der Waals surface area contributed by atoms with Crippen LogP contribution in [-0.2, 0) is 15.6 Å². The molecule has 60 heavy (non-hydrogen) atoms. The van der Waals surface area contributed by atoms with Gasteiger partial charge in [-0.05, 0) is 115 Å². The molecule has 0 atom stereocenters. The van der Waals surface area contributed by atoms with Crippen LogP contribution >= 0.6 is 0 Å². The fraction of sp³-hybridized carbons (Fsp3) is 0.482. The summed E-state index contributed by atoms with van der Waals surface area (Å²) in [5, 5.41) is 24.1. The second kappa shape index (κ2) is 21.0. The van der Waals surface area contributed by atoms with Crippen molar-refractivity contribution in [2.75, 3.05) is 0 Å². The van der Waals surface area contributed by atoms with Crippen LogP contribution in [0.1, 0.15) is 175 Å². The Morgan fingerprint density at radius 1 is 0.517 bits per heavy atom. The molecule has 0 aliphatic rings. The predicted molar refractivity (Wildman–Crippen MR) is 253 cm³/mol. The van der Waals surface area contributed by atoms with Gasteiger partial charge in [0, 0.05) is 54.9 Å². The number of ether oxygens (including phenoxy) is 1. The van der Waals surface area contributed by atoms with Crippen LogP contribution in [0.2, 0.25) is 0 Å². The summed E-state index contributed by atoms with van der Waals surface area (Å²) in [5.41, 5.74) is 3.76. The summed E-state index contributed by atoms with van der Waals surface area (Å²) in [6, 6.07) is 19.6. The summed E-state index contributed by atoms with van der Waals surface area (Å²) in [5.74, 6) is 26.7. The quantitative estimate of drug-likeness (QED) is 0.0492. The molecule has 0 amide bonds. The molecule has 0 spiro atoms. The second-order valence-corrected chi connectivity index (χ2v) is 19.2. The lowest BCUT2D eigenvalue weighted by atomic mass is 9.77. The van der Waals surface area contributed by atoms with E-state index >= 15 is 0 Å². The molecule has 0 saturated carbocycles. The Kier molecular flexibility index (Phi) is 16.7. The molecule has 0 aliphatic carbocycles. The maximum atomic E-state index is 12.4. The average Bonchev–Trinajstić information content (AvgIpc) is 3.14. The van der Waals surface area contributed by atoms with E-state index in [9.17, 15) is 15.0 Å². The topological polar surface area (TPSA) is 66.8 Å². The van der Waals surface area contributed by atoms with Gasteiger partial charge in [-0.25, -0.2) is 0 Å². The van der Waals surface area contributed by atoms with E-state index in [1.54, 1.807) is 27.7 Å². The number of benzene rings is 4. The molecule has 4 aromatic carbocycles. The minimum Gasteiger partial charge on any atom is -0.426 e. The van der Waals surface area contributed by atoms with E-state index in [2.05, 4.69) is 144 Å². The smallest absolute Gasteiger partial charge is 0.308 e. The lowest BCUT2D eigenvalue weighted by Gasteiger charge is -2.30. The summed E-state index contributed by atoms with van der Waals surface area (Å²) in [6.45, 7) is 21.3. The summed E-state index contributed by atoms with van der Waals surface area (Å²) in [6.07, 6.45) is 11.7. The van der Waals surface area contributed by atoms with Crippen molar-refractivity contribution >= 4 is 27.5 Å². The number of carbonyl (C=O) groups excluding carboxylic acids is 1. The number of unbranched alkanes of at least 4 members (excludes halogenated alkanes) is 10. The van der Waals surface area contributed by atoms with Gasteiger partial charge in [-0.1, -0.05) is 139 Å². The molecule has 0 aromatic heterocycles. The summed E-state index contributed by atoms with van der Waals surface area (Å²) in [7, 11) is 0. The normalized spacial score (nSPS) is 11.8. The number of hydrogen-bond acceptors (Lipinski definition) is 4. The van der Waals surface area contributed by atoms with E-state index in [1.165, 1.54) is 6.92 Å². The minimum absolute atomic E-state index is 0.276. The van der Waals surface area contributed by atoms with Crippen molar-refractivity contribution in [3.05, 3.63) is 76.9 Å². The number of rotatable bonds is 12. The first kappa shape index (κ1) is 47.7. The number of aliphatic hydroxyl groups is 2. The fourth-order valence-electron chi connectivity index (χ4n) is 7.21. The van der Waals surface area contributed by atoms with Crippen molar-refractivity contribution in [3.63, 3.8) is 0 Å². The Labute approximate surface area is 362 Å². The largest absolute Gasteiger partial charge is 0.426 e. The van der Waals surface area contributed by atoms with E-state index in [0.29, 0.717) is 5.75 Å². The first-order valence-electron chi connectivity index (χ1n) is 21.9. The lowest BCUT2D eigenvalue weighted by molar-refractivity contribution is -0.132. The zero-order chi connectivity index (χ0) is 44.1. The highest BCUT2D eigenvalue weighted by Crippen LogP contribution is 2.44. The van der Waals surface area contributed by atoms with Gasteiger partial charge in [0.1, 0.15) is 17.0 Å². The van der Waals surface area contributed by atoms with Gasteiger partial charge in [0.15, 0.2) is 0 Å². The molecule has 0 fully saturated rings. The zero-order valence-electron chi connectivity index (χ0n) is 38.4. The van der Waals surface area contributed by atoms with Crippen molar-refractivity contribution in [2.24, 2.45) is 0 Å². The SMILES string of the molecule is CC(=O)Oc1c(C(C)(C)C)cc(-c2ccc3c(C#CCCCCCCC#CC(C)(C)O)c4ccccc4c(C#CCCCCCCC#CC(C)(C)O)c3c2)cc1C(C)(C)C. The molecule has 0 saturated heterocycles. The van der Waals surface area contributed by atoms with Crippen LogP contribution in [-0.4, -0.2) is 27.4 Å². The summed E-state index contributed by atoms with van der Waals surface area (Å²) < 4.78 is 5.98. The lowest BCUT2D eigenvalue weighted by Crippen LogP contribution is -2.21. The molecule has 316 valence electrons. The van der Waals surface area contributed by atoms with E-state index in [-0.39, 0.29) is 16.8 Å². The van der Waals surface area contributed by atoms with E-state index < -0.39 is 11.2 Å². The fourth-order valence-corrected chi connectivity index (χ4v) is 7.21. The Morgan fingerprint density at radius 2 is 0.917 bits per heavy atom. The number of esters is 1. The van der Waals surface area contributed by atoms with Crippen LogP contribution in [0.25, 0.3) is 32.7 Å². The van der Waals surface area contributed by atoms with Crippen molar-refractivity contribution in [2.45, 2.75) is 175 Å². The van der Waals surface area contributed by atoms with Gasteiger partial charge in [-0.15, -0.1) is 11.8 Å². The van der Waals surface area contributed by atoms with Crippen LogP contribution in [0.4, 0.5) is 0 Å². The number of fused-ring (bicyclic) bond motifs is 2. The van der Waals surface area contributed by atoms with Gasteiger partial charge < -0.3 is 14.9 Å². The third kappa shape index (κ3) is 14.6. The zero-order valence-corrected chi connectivity index (χ0v) is 38.4. The van der Waals surface area contributed by atoms with Crippen LogP contribution in [0.15, 0.2) is 54.6 Å². The monoisotopic (exact) mass is 805 g/mol. The standard InChI is InChI=1S/C56H68O4/c1-41(57)60-52-50(53(2,3)4)39-43(40-51(52)54(5,6)7)42-34-35-48-46(30-24-20-16-12-14-18-22-28-36-55(8,9)58)44-32-26-27-33-45(44)47(49(48)38-42)31-25-21-17-13-15-19-23-29-37-56(10,11)59/h26-27,32-35,38-40,58-59H,12-23H2,1-11H3. The Balaban J connectivity index is 1.76. The van der Waals surface area contributed by atoms with E-state index in [4.69, 9.17) is 4.74 Å². The molecule has 0 unspecified atom stereocenters. The average molecular weight is 805 g/mol. The molecule has 0 bridgehead atoms. The number of hydrogen-bond donors (Lipinski definition) is 2. The van der Waals surface area contributed by atoms with Crippen molar-refractivity contribution in [1.29, 1.82) is 0 Å². The van der Waals surface area contributed by atoms with Gasteiger partial charge in [-0.3, -0.25) is 4.79 Å². The van der Waals surface area contributed by atoms with Crippen LogP contribution in [0, 0.1) is 47.4 Å². The van der Waals surface area contributed by atoms with Crippen molar-refractivity contribution in [3.8, 4) is 64.2 Å². The molecular weight excluding hydrogens is 737 g/mol. The molecule has 4 heteroatoms. The highest BCUT2D eigenvalue weighted by molar-refractivity contribution is 6.10. The molecule has 0 heterocycles. The van der Waals surface area contributed by atoms with Gasteiger partial charge in [0.2, 0.25) is 0 Å². The molecular formula is C56H68O4. The third-order valence-corrected chi connectivity index (χ3v) is 10.2. The van der Waals surface area contributed by atoms with Gasteiger partial charge >= 0.3 is 5.97 Å². The first-order valence-corrected chi connectivity index (χ1v) is 21.9. The Bertz CT molecular complexity index is 2350.